The Morgan fingerprint density at radius 1 is 1.42 bits per heavy atom. The maximum atomic E-state index is 9.31. The van der Waals surface area contributed by atoms with Crippen LogP contribution >= 0.6 is 23.4 Å². The van der Waals surface area contributed by atoms with E-state index in [-0.39, 0.29) is 17.9 Å². The van der Waals surface area contributed by atoms with Gasteiger partial charge in [0.05, 0.1) is 12.1 Å². The first-order chi connectivity index (χ1) is 9.15. The molecule has 2 atom stereocenters. The number of anilines is 1. The van der Waals surface area contributed by atoms with Crippen LogP contribution in [0.15, 0.2) is 24.5 Å². The zero-order chi connectivity index (χ0) is 13.8. The van der Waals surface area contributed by atoms with Crippen LogP contribution in [0.3, 0.4) is 0 Å². The summed E-state index contributed by atoms with van der Waals surface area (Å²) in [7, 11) is 0. The van der Waals surface area contributed by atoms with Gasteiger partial charge in [-0.2, -0.15) is 11.8 Å². The fourth-order valence-electron chi connectivity index (χ4n) is 1.89. The molecule has 0 radical (unpaired) electrons. The molecule has 2 aromatic rings. The average Bonchev–Trinajstić information content (AvgIpc) is 2.40. The molecule has 0 saturated heterocycles. The van der Waals surface area contributed by atoms with Crippen LogP contribution in [-0.4, -0.2) is 39.2 Å². The minimum atomic E-state index is 0.105. The topological polar surface area (TPSA) is 58.0 Å². The molecule has 4 nitrogen and oxygen atoms in total. The van der Waals surface area contributed by atoms with Crippen LogP contribution in [0, 0.1) is 0 Å². The molecule has 0 spiro atoms. The fraction of sp³-hybridized carbons (Fsp3) is 0.385. The van der Waals surface area contributed by atoms with Crippen molar-refractivity contribution in [2.75, 3.05) is 18.2 Å². The molecular formula is C13H16ClN3OS. The molecule has 0 aliphatic rings. The largest absolute Gasteiger partial charge is 0.395 e. The summed E-state index contributed by atoms with van der Waals surface area (Å²) < 4.78 is 0. The Bertz CT molecular complexity index is 563. The first-order valence-corrected chi connectivity index (χ1v) is 7.62. The summed E-state index contributed by atoms with van der Waals surface area (Å²) in [6.45, 7) is 2.16. The molecule has 19 heavy (non-hydrogen) atoms. The lowest BCUT2D eigenvalue weighted by Gasteiger charge is -2.22. The van der Waals surface area contributed by atoms with E-state index in [1.165, 1.54) is 6.33 Å². The van der Waals surface area contributed by atoms with E-state index in [9.17, 15) is 5.11 Å². The molecule has 0 saturated carbocycles. The summed E-state index contributed by atoms with van der Waals surface area (Å²) in [6, 6.07) is 5.64. The lowest BCUT2D eigenvalue weighted by molar-refractivity contribution is 0.288. The minimum absolute atomic E-state index is 0.105. The maximum absolute atomic E-state index is 9.31. The molecule has 0 amide bonds. The third kappa shape index (κ3) is 3.29. The molecule has 0 aliphatic carbocycles. The summed E-state index contributed by atoms with van der Waals surface area (Å²) >= 11 is 7.58. The molecule has 2 N–H and O–H groups in total. The molecule has 1 aromatic heterocycles. The predicted octanol–water partition coefficient (Wildman–Crippen LogP) is 2.81. The summed E-state index contributed by atoms with van der Waals surface area (Å²) in [5, 5.41) is 14.3. The van der Waals surface area contributed by atoms with Crippen molar-refractivity contribution in [3.8, 4) is 0 Å². The van der Waals surface area contributed by atoms with E-state index in [4.69, 9.17) is 11.6 Å². The van der Waals surface area contributed by atoms with Gasteiger partial charge in [-0.15, -0.1) is 0 Å². The Morgan fingerprint density at radius 3 is 2.89 bits per heavy atom. The van der Waals surface area contributed by atoms with Crippen LogP contribution in [0.1, 0.15) is 6.92 Å². The van der Waals surface area contributed by atoms with Gasteiger partial charge in [0.1, 0.15) is 12.1 Å². The number of rotatable bonds is 5. The number of thioether (sulfide) groups is 1. The first kappa shape index (κ1) is 14.4. The summed E-state index contributed by atoms with van der Waals surface area (Å²) in [5.41, 5.74) is 0.807. The number of aliphatic hydroxyl groups excluding tert-OH is 1. The fourth-order valence-corrected chi connectivity index (χ4v) is 2.68. The zero-order valence-electron chi connectivity index (χ0n) is 10.8. The number of aliphatic hydroxyl groups is 1. The van der Waals surface area contributed by atoms with Gasteiger partial charge in [-0.05, 0) is 31.4 Å². The molecular weight excluding hydrogens is 282 g/mol. The second-order valence-corrected chi connectivity index (χ2v) is 5.79. The van der Waals surface area contributed by atoms with Crippen molar-refractivity contribution in [3.05, 3.63) is 29.5 Å². The number of benzene rings is 1. The van der Waals surface area contributed by atoms with Crippen molar-refractivity contribution in [1.82, 2.24) is 9.97 Å². The number of fused-ring (bicyclic) bond motifs is 1. The molecule has 6 heteroatoms. The van der Waals surface area contributed by atoms with Gasteiger partial charge in [0.25, 0.3) is 0 Å². The number of hydrogen-bond acceptors (Lipinski definition) is 5. The van der Waals surface area contributed by atoms with E-state index in [0.717, 1.165) is 16.7 Å². The van der Waals surface area contributed by atoms with Crippen molar-refractivity contribution in [2.24, 2.45) is 0 Å². The van der Waals surface area contributed by atoms with Crippen molar-refractivity contribution in [3.63, 3.8) is 0 Å². The van der Waals surface area contributed by atoms with Crippen molar-refractivity contribution in [2.45, 2.75) is 18.2 Å². The Balaban J connectivity index is 2.30. The maximum Gasteiger partial charge on any atom is 0.137 e. The van der Waals surface area contributed by atoms with Gasteiger partial charge in [-0.3, -0.25) is 0 Å². The van der Waals surface area contributed by atoms with Gasteiger partial charge in [0.15, 0.2) is 0 Å². The number of hydrogen-bond donors (Lipinski definition) is 2. The van der Waals surface area contributed by atoms with Crippen molar-refractivity contribution < 1.29 is 5.11 Å². The standard InChI is InChI=1S/C13H16ClN3OS/c1-8(12(6-18)19-2)17-13-10-4-3-9(14)5-11(10)15-7-16-13/h3-5,7-8,12,18H,6H2,1-2H3,(H,15,16,17). The van der Waals surface area contributed by atoms with E-state index in [0.29, 0.717) is 5.02 Å². The van der Waals surface area contributed by atoms with Gasteiger partial charge in [0, 0.05) is 21.7 Å². The third-order valence-corrected chi connectivity index (χ3v) is 4.40. The smallest absolute Gasteiger partial charge is 0.137 e. The molecule has 102 valence electrons. The molecule has 1 aromatic carbocycles. The van der Waals surface area contributed by atoms with Crippen LogP contribution < -0.4 is 5.32 Å². The predicted molar refractivity (Wildman–Crippen MR) is 82.0 cm³/mol. The first-order valence-electron chi connectivity index (χ1n) is 5.96. The van der Waals surface area contributed by atoms with Crippen molar-refractivity contribution >= 4 is 40.1 Å². The highest BCUT2D eigenvalue weighted by atomic mass is 35.5. The molecule has 2 rings (SSSR count). The highest BCUT2D eigenvalue weighted by molar-refractivity contribution is 7.99. The Labute approximate surface area is 121 Å². The summed E-state index contributed by atoms with van der Waals surface area (Å²) in [4.78, 5) is 8.48. The lowest BCUT2D eigenvalue weighted by atomic mass is 10.2. The molecule has 1 heterocycles. The van der Waals surface area contributed by atoms with Gasteiger partial charge in [-0.25, -0.2) is 9.97 Å². The molecule has 2 unspecified atom stereocenters. The minimum Gasteiger partial charge on any atom is -0.395 e. The highest BCUT2D eigenvalue weighted by Gasteiger charge is 2.16. The van der Waals surface area contributed by atoms with Crippen molar-refractivity contribution in [1.29, 1.82) is 0 Å². The van der Waals surface area contributed by atoms with Gasteiger partial charge >= 0.3 is 0 Å². The average molecular weight is 298 g/mol. The van der Waals surface area contributed by atoms with E-state index in [2.05, 4.69) is 15.3 Å². The SMILES string of the molecule is CSC(CO)C(C)Nc1ncnc2cc(Cl)ccc12. The molecule has 0 fully saturated rings. The van der Waals surface area contributed by atoms with E-state index in [1.54, 1.807) is 11.8 Å². The second kappa shape index (κ2) is 6.41. The molecule has 0 bridgehead atoms. The number of nitrogens with one attached hydrogen (secondary N) is 1. The van der Waals surface area contributed by atoms with E-state index >= 15 is 0 Å². The van der Waals surface area contributed by atoms with E-state index in [1.807, 2.05) is 31.4 Å². The normalized spacial score (nSPS) is 14.3. The van der Waals surface area contributed by atoms with Crippen LogP contribution in [0.2, 0.25) is 5.02 Å². The summed E-state index contributed by atoms with van der Waals surface area (Å²) in [6.07, 6.45) is 3.50. The van der Waals surface area contributed by atoms with Crippen LogP contribution in [0.5, 0.6) is 0 Å². The second-order valence-electron chi connectivity index (χ2n) is 4.27. The zero-order valence-corrected chi connectivity index (χ0v) is 12.4. The van der Waals surface area contributed by atoms with Gasteiger partial charge < -0.3 is 10.4 Å². The van der Waals surface area contributed by atoms with Crippen LogP contribution in [-0.2, 0) is 0 Å². The number of aromatic nitrogens is 2. The Morgan fingerprint density at radius 2 is 2.21 bits per heavy atom. The highest BCUT2D eigenvalue weighted by Crippen LogP contribution is 2.24. The van der Waals surface area contributed by atoms with Gasteiger partial charge in [0.2, 0.25) is 0 Å². The Kier molecular flexibility index (Phi) is 4.85. The quantitative estimate of drug-likeness (QED) is 0.889. The number of nitrogens with zero attached hydrogens (tertiary/aromatic N) is 2. The van der Waals surface area contributed by atoms with Crippen LogP contribution in [0.4, 0.5) is 5.82 Å². The lowest BCUT2D eigenvalue weighted by Crippen LogP contribution is -2.31. The third-order valence-electron chi connectivity index (χ3n) is 3.00. The van der Waals surface area contributed by atoms with Crippen LogP contribution in [0.25, 0.3) is 10.9 Å². The van der Waals surface area contributed by atoms with Gasteiger partial charge in [-0.1, -0.05) is 11.6 Å². The number of halogens is 1. The van der Waals surface area contributed by atoms with E-state index < -0.39 is 0 Å². The summed E-state index contributed by atoms with van der Waals surface area (Å²) in [5.74, 6) is 0.765. The monoisotopic (exact) mass is 297 g/mol. The Hall–Kier alpha value is -1.04. The molecule has 0 aliphatic heterocycles.